The predicted octanol–water partition coefficient (Wildman–Crippen LogP) is 2.70. The number of rotatable bonds is 5. The van der Waals surface area contributed by atoms with Crippen molar-refractivity contribution in [1.82, 2.24) is 20.8 Å². The summed E-state index contributed by atoms with van der Waals surface area (Å²) in [5, 5.41) is 10.1. The van der Waals surface area contributed by atoms with Crippen LogP contribution in [0.5, 0.6) is 0 Å². The van der Waals surface area contributed by atoms with Gasteiger partial charge >= 0.3 is 0 Å². The van der Waals surface area contributed by atoms with E-state index in [1.54, 1.807) is 26.0 Å². The van der Waals surface area contributed by atoms with Crippen molar-refractivity contribution in [2.45, 2.75) is 33.9 Å². The van der Waals surface area contributed by atoms with Gasteiger partial charge in [-0.05, 0) is 31.0 Å². The smallest absolute Gasteiger partial charge is 0.223 e. The molecule has 1 heterocycles. The number of aliphatic imine (C=N–C) groups is 1. The number of aryl methyl sites for hydroxylation is 2. The Labute approximate surface area is 152 Å². The minimum atomic E-state index is -0.203. The van der Waals surface area contributed by atoms with Gasteiger partial charge in [0.1, 0.15) is 5.82 Å². The Morgan fingerprint density at radius 2 is 2.09 bits per heavy atom. The van der Waals surface area contributed by atoms with Crippen molar-refractivity contribution in [2.24, 2.45) is 4.99 Å². The Balaban J connectivity index is 0.00000264. The van der Waals surface area contributed by atoms with Crippen LogP contribution in [-0.2, 0) is 13.1 Å². The van der Waals surface area contributed by atoms with E-state index in [4.69, 9.17) is 4.52 Å². The number of halogens is 2. The average molecular weight is 433 g/mol. The number of nitrogens with one attached hydrogen (secondary N) is 2. The number of nitrogens with zero attached hydrogens (tertiary/aromatic N) is 3. The van der Waals surface area contributed by atoms with Crippen LogP contribution in [0.2, 0.25) is 0 Å². The fourth-order valence-corrected chi connectivity index (χ4v) is 1.89. The summed E-state index contributed by atoms with van der Waals surface area (Å²) in [6.45, 7) is 7.09. The van der Waals surface area contributed by atoms with Crippen LogP contribution in [0.25, 0.3) is 0 Å². The summed E-state index contributed by atoms with van der Waals surface area (Å²) < 4.78 is 18.2. The molecule has 126 valence electrons. The Hall–Kier alpha value is -1.71. The van der Waals surface area contributed by atoms with Crippen LogP contribution in [-0.4, -0.2) is 22.6 Å². The van der Waals surface area contributed by atoms with Gasteiger partial charge in [0.05, 0.1) is 13.1 Å². The molecule has 0 atom stereocenters. The topological polar surface area (TPSA) is 75.3 Å². The quantitative estimate of drug-likeness (QED) is 0.431. The van der Waals surface area contributed by atoms with Crippen molar-refractivity contribution < 1.29 is 8.91 Å². The normalized spacial score (nSPS) is 11.0. The summed E-state index contributed by atoms with van der Waals surface area (Å²) in [4.78, 5) is 8.58. The molecule has 2 rings (SSSR count). The number of aromatic nitrogens is 2. The second-order valence-corrected chi connectivity index (χ2v) is 4.86. The lowest BCUT2D eigenvalue weighted by Gasteiger charge is -2.09. The van der Waals surface area contributed by atoms with Crippen molar-refractivity contribution in [2.75, 3.05) is 6.54 Å². The van der Waals surface area contributed by atoms with Gasteiger partial charge in [-0.1, -0.05) is 17.3 Å². The van der Waals surface area contributed by atoms with Crippen LogP contribution in [0.3, 0.4) is 0 Å². The molecular weight excluding hydrogens is 412 g/mol. The molecular formula is C15H21FIN5O. The predicted molar refractivity (Wildman–Crippen MR) is 97.2 cm³/mol. The molecule has 0 aliphatic rings. The van der Waals surface area contributed by atoms with Crippen molar-refractivity contribution in [1.29, 1.82) is 0 Å². The second kappa shape index (κ2) is 9.43. The Kier molecular flexibility index (Phi) is 7.93. The lowest BCUT2D eigenvalue weighted by Crippen LogP contribution is -2.37. The van der Waals surface area contributed by atoms with E-state index in [9.17, 15) is 4.39 Å². The molecule has 0 radical (unpaired) electrons. The molecule has 1 aromatic heterocycles. The van der Waals surface area contributed by atoms with E-state index in [1.165, 1.54) is 6.07 Å². The molecule has 1 aromatic carbocycles. The maximum atomic E-state index is 13.2. The maximum absolute atomic E-state index is 13.2. The number of benzene rings is 1. The first-order chi connectivity index (χ1) is 10.6. The molecule has 0 fully saturated rings. The van der Waals surface area contributed by atoms with Crippen LogP contribution in [0, 0.1) is 19.7 Å². The molecule has 0 aliphatic carbocycles. The summed E-state index contributed by atoms with van der Waals surface area (Å²) in [6, 6.07) is 4.99. The largest absolute Gasteiger partial charge is 0.357 e. The fourth-order valence-electron chi connectivity index (χ4n) is 1.89. The van der Waals surface area contributed by atoms with Gasteiger partial charge in [-0.15, -0.1) is 24.0 Å². The minimum absolute atomic E-state index is 0. The van der Waals surface area contributed by atoms with Crippen LogP contribution in [0.1, 0.15) is 29.8 Å². The molecule has 0 aliphatic heterocycles. The molecule has 0 saturated carbocycles. The molecule has 0 unspecified atom stereocenters. The summed E-state index contributed by atoms with van der Waals surface area (Å²) in [6.07, 6.45) is 0. The zero-order valence-electron chi connectivity index (χ0n) is 13.4. The average Bonchev–Trinajstić information content (AvgIpc) is 2.91. The Bertz CT molecular complexity index is 659. The lowest BCUT2D eigenvalue weighted by molar-refractivity contribution is 0.387. The lowest BCUT2D eigenvalue weighted by atomic mass is 10.1. The van der Waals surface area contributed by atoms with Gasteiger partial charge in [-0.3, -0.25) is 0 Å². The van der Waals surface area contributed by atoms with E-state index in [0.29, 0.717) is 36.3 Å². The molecule has 6 nitrogen and oxygen atoms in total. The number of hydrogen-bond acceptors (Lipinski definition) is 4. The third-order valence-corrected chi connectivity index (χ3v) is 2.97. The van der Waals surface area contributed by atoms with Crippen LogP contribution >= 0.6 is 24.0 Å². The molecule has 2 aromatic rings. The summed E-state index contributed by atoms with van der Waals surface area (Å²) in [7, 11) is 0. The number of guanidine groups is 1. The van der Waals surface area contributed by atoms with Crippen molar-refractivity contribution in [3.8, 4) is 0 Å². The molecule has 0 saturated heterocycles. The number of hydrogen-bond donors (Lipinski definition) is 2. The summed E-state index contributed by atoms with van der Waals surface area (Å²) in [5.74, 6) is 1.54. The highest BCUT2D eigenvalue weighted by molar-refractivity contribution is 14.0. The van der Waals surface area contributed by atoms with Gasteiger partial charge in [-0.2, -0.15) is 4.98 Å². The zero-order valence-corrected chi connectivity index (χ0v) is 15.7. The van der Waals surface area contributed by atoms with Crippen LogP contribution in [0.4, 0.5) is 4.39 Å². The zero-order chi connectivity index (χ0) is 15.9. The highest BCUT2D eigenvalue weighted by Crippen LogP contribution is 2.10. The second-order valence-electron chi connectivity index (χ2n) is 4.86. The molecule has 8 heteroatoms. The molecule has 2 N–H and O–H groups in total. The van der Waals surface area contributed by atoms with Gasteiger partial charge in [-0.25, -0.2) is 9.38 Å². The van der Waals surface area contributed by atoms with Crippen LogP contribution in [0.15, 0.2) is 27.7 Å². The van der Waals surface area contributed by atoms with Gasteiger partial charge in [0, 0.05) is 13.5 Å². The monoisotopic (exact) mass is 433 g/mol. The van der Waals surface area contributed by atoms with Gasteiger partial charge in [0.2, 0.25) is 5.89 Å². The standard InChI is InChI=1S/C15H20FN5O.HI/c1-4-17-15(19-9-14-20-11(3)22-21-14)18-8-12-5-6-13(16)10(2)7-12;/h5-7H,4,8-9H2,1-3H3,(H2,17,18,19);1H. The highest BCUT2D eigenvalue weighted by Gasteiger charge is 2.04. The van der Waals surface area contributed by atoms with Gasteiger partial charge in [0.15, 0.2) is 11.8 Å². The van der Waals surface area contributed by atoms with Gasteiger partial charge in [0.25, 0.3) is 0 Å². The molecule has 0 amide bonds. The first kappa shape index (κ1) is 19.3. The van der Waals surface area contributed by atoms with E-state index in [1.807, 2.05) is 6.92 Å². The van der Waals surface area contributed by atoms with E-state index in [0.717, 1.165) is 12.1 Å². The van der Waals surface area contributed by atoms with Crippen molar-refractivity contribution in [3.05, 3.63) is 46.9 Å². The van der Waals surface area contributed by atoms with E-state index in [-0.39, 0.29) is 29.8 Å². The van der Waals surface area contributed by atoms with Crippen molar-refractivity contribution >= 4 is 29.9 Å². The summed E-state index contributed by atoms with van der Waals surface area (Å²) >= 11 is 0. The molecule has 0 bridgehead atoms. The SMILES string of the molecule is CCNC(=NCc1ccc(F)c(C)c1)NCc1noc(C)n1.I. The first-order valence-corrected chi connectivity index (χ1v) is 7.15. The third kappa shape index (κ3) is 6.12. The third-order valence-electron chi connectivity index (χ3n) is 2.97. The maximum Gasteiger partial charge on any atom is 0.223 e. The first-order valence-electron chi connectivity index (χ1n) is 7.15. The molecule has 23 heavy (non-hydrogen) atoms. The van der Waals surface area contributed by atoms with E-state index in [2.05, 4.69) is 25.8 Å². The Morgan fingerprint density at radius 3 is 2.70 bits per heavy atom. The summed E-state index contributed by atoms with van der Waals surface area (Å²) in [5.41, 5.74) is 1.57. The highest BCUT2D eigenvalue weighted by atomic mass is 127. The van der Waals surface area contributed by atoms with Crippen molar-refractivity contribution in [3.63, 3.8) is 0 Å². The van der Waals surface area contributed by atoms with Crippen LogP contribution < -0.4 is 10.6 Å². The Morgan fingerprint density at radius 1 is 1.30 bits per heavy atom. The van der Waals surface area contributed by atoms with Gasteiger partial charge < -0.3 is 15.2 Å². The minimum Gasteiger partial charge on any atom is -0.357 e. The van der Waals surface area contributed by atoms with E-state index < -0.39 is 0 Å². The fraction of sp³-hybridized carbons (Fsp3) is 0.400. The van der Waals surface area contributed by atoms with E-state index >= 15 is 0 Å². The molecule has 0 spiro atoms.